The van der Waals surface area contributed by atoms with Crippen molar-refractivity contribution in [2.24, 2.45) is 0 Å². The van der Waals surface area contributed by atoms with Crippen molar-refractivity contribution >= 4 is 35.7 Å². The van der Waals surface area contributed by atoms with Gasteiger partial charge in [0.2, 0.25) is 0 Å². The van der Waals surface area contributed by atoms with Gasteiger partial charge in [-0.15, -0.1) is 0 Å². The van der Waals surface area contributed by atoms with Crippen molar-refractivity contribution in [3.05, 3.63) is 51.7 Å². The van der Waals surface area contributed by atoms with Crippen molar-refractivity contribution in [1.82, 2.24) is 0 Å². The number of carbonyl (C=O) groups is 3. The van der Waals surface area contributed by atoms with Crippen molar-refractivity contribution in [3.8, 4) is 17.6 Å². The van der Waals surface area contributed by atoms with Crippen LogP contribution in [0.15, 0.2) is 40.6 Å². The molecule has 2 rings (SSSR count). The summed E-state index contributed by atoms with van der Waals surface area (Å²) in [6.07, 6.45) is -0.211. The van der Waals surface area contributed by atoms with Gasteiger partial charge >= 0.3 is 18.3 Å². The molecule has 0 amide bonds. The SMILES string of the molecule is CCOC(=O)Oc1ccc(/C=C(\C#N)C(=O)OCCc2ccsc2)cc1OC(=O)OCC. The number of ether oxygens (including phenoxy) is 5. The second-order valence-corrected chi connectivity index (χ2v) is 6.74. The highest BCUT2D eigenvalue weighted by Crippen LogP contribution is 2.30. The van der Waals surface area contributed by atoms with Crippen LogP contribution in [0.25, 0.3) is 6.08 Å². The lowest BCUT2D eigenvalue weighted by molar-refractivity contribution is -0.138. The van der Waals surface area contributed by atoms with E-state index < -0.39 is 18.3 Å². The number of hydrogen-bond acceptors (Lipinski definition) is 10. The molecule has 0 fully saturated rings. The number of thiophene rings is 1. The minimum absolute atomic E-state index is 0.0717. The molecule has 2 aromatic rings. The van der Waals surface area contributed by atoms with Crippen LogP contribution in [0.1, 0.15) is 25.0 Å². The highest BCUT2D eigenvalue weighted by molar-refractivity contribution is 7.07. The molecule has 0 radical (unpaired) electrons. The van der Waals surface area contributed by atoms with E-state index in [0.717, 1.165) is 5.56 Å². The third-order valence-electron chi connectivity index (χ3n) is 3.73. The minimum Gasteiger partial charge on any atom is -0.461 e. The molecule has 0 aliphatic carbocycles. The molecular formula is C22H21NO8S. The first kappa shape index (κ1) is 24.4. The number of esters is 1. The van der Waals surface area contributed by atoms with E-state index in [1.807, 2.05) is 16.8 Å². The molecule has 0 spiro atoms. The Morgan fingerprint density at radius 2 is 1.69 bits per heavy atom. The fourth-order valence-corrected chi connectivity index (χ4v) is 3.03. The van der Waals surface area contributed by atoms with Crippen LogP contribution in [0.4, 0.5) is 9.59 Å². The average molecular weight is 459 g/mol. The zero-order valence-electron chi connectivity index (χ0n) is 17.5. The summed E-state index contributed by atoms with van der Waals surface area (Å²) in [7, 11) is 0. The fourth-order valence-electron chi connectivity index (χ4n) is 2.33. The molecule has 1 aromatic carbocycles. The Balaban J connectivity index is 2.18. The van der Waals surface area contributed by atoms with E-state index in [-0.39, 0.29) is 36.9 Å². The van der Waals surface area contributed by atoms with Gasteiger partial charge in [0.25, 0.3) is 0 Å². The molecule has 0 atom stereocenters. The number of carbonyl (C=O) groups excluding carboxylic acids is 3. The van der Waals surface area contributed by atoms with Gasteiger partial charge in [0.1, 0.15) is 11.6 Å². The quantitative estimate of drug-likeness (QED) is 0.175. The summed E-state index contributed by atoms with van der Waals surface area (Å²) in [5, 5.41) is 13.2. The van der Waals surface area contributed by atoms with Gasteiger partial charge in [-0.3, -0.25) is 0 Å². The third kappa shape index (κ3) is 7.77. The van der Waals surface area contributed by atoms with Gasteiger partial charge in [-0.05, 0) is 60.0 Å². The zero-order chi connectivity index (χ0) is 23.3. The highest BCUT2D eigenvalue weighted by Gasteiger charge is 2.17. The molecule has 0 N–H and O–H groups in total. The van der Waals surface area contributed by atoms with Crippen molar-refractivity contribution in [1.29, 1.82) is 5.26 Å². The number of nitrogens with zero attached hydrogens (tertiary/aromatic N) is 1. The second kappa shape index (κ2) is 12.8. The Morgan fingerprint density at radius 3 is 2.28 bits per heavy atom. The number of nitriles is 1. The Morgan fingerprint density at radius 1 is 1.00 bits per heavy atom. The first-order chi connectivity index (χ1) is 15.5. The summed E-state index contributed by atoms with van der Waals surface area (Å²) in [6, 6.07) is 7.81. The maximum atomic E-state index is 12.2. The smallest absolute Gasteiger partial charge is 0.461 e. The van der Waals surface area contributed by atoms with E-state index >= 15 is 0 Å². The Bertz CT molecular complexity index is 1010. The largest absolute Gasteiger partial charge is 0.513 e. The lowest BCUT2D eigenvalue weighted by Gasteiger charge is -2.11. The first-order valence-electron chi connectivity index (χ1n) is 9.60. The maximum absolute atomic E-state index is 12.2. The van der Waals surface area contributed by atoms with E-state index in [2.05, 4.69) is 0 Å². The molecule has 1 aromatic heterocycles. The van der Waals surface area contributed by atoms with Gasteiger partial charge < -0.3 is 23.7 Å². The van der Waals surface area contributed by atoms with Gasteiger partial charge in [0.15, 0.2) is 11.5 Å². The Hall–Kier alpha value is -3.84. The minimum atomic E-state index is -1.02. The lowest BCUT2D eigenvalue weighted by atomic mass is 10.1. The summed E-state index contributed by atoms with van der Waals surface area (Å²) < 4.78 is 24.7. The van der Waals surface area contributed by atoms with Crippen molar-refractivity contribution < 1.29 is 38.1 Å². The van der Waals surface area contributed by atoms with Gasteiger partial charge in [0.05, 0.1) is 19.8 Å². The van der Waals surface area contributed by atoms with Crippen LogP contribution in [0.3, 0.4) is 0 Å². The molecule has 0 aliphatic heterocycles. The number of hydrogen-bond donors (Lipinski definition) is 0. The van der Waals surface area contributed by atoms with Gasteiger partial charge in [-0.25, -0.2) is 14.4 Å². The summed E-state index contributed by atoms with van der Waals surface area (Å²) >= 11 is 1.54. The predicted octanol–water partition coefficient (Wildman–Crippen LogP) is 4.51. The fraction of sp³-hybridized carbons (Fsp3) is 0.273. The number of rotatable bonds is 9. The Kier molecular flexibility index (Phi) is 9.74. The van der Waals surface area contributed by atoms with Crippen molar-refractivity contribution in [3.63, 3.8) is 0 Å². The molecule has 0 unspecified atom stereocenters. The molecule has 0 saturated heterocycles. The molecule has 0 saturated carbocycles. The van der Waals surface area contributed by atoms with Crippen LogP contribution in [0.5, 0.6) is 11.5 Å². The van der Waals surface area contributed by atoms with Crippen molar-refractivity contribution in [2.45, 2.75) is 20.3 Å². The third-order valence-corrected chi connectivity index (χ3v) is 4.47. The highest BCUT2D eigenvalue weighted by atomic mass is 32.1. The predicted molar refractivity (Wildman–Crippen MR) is 114 cm³/mol. The van der Waals surface area contributed by atoms with Crippen LogP contribution in [-0.2, 0) is 25.4 Å². The van der Waals surface area contributed by atoms with Crippen LogP contribution in [-0.4, -0.2) is 38.1 Å². The van der Waals surface area contributed by atoms with Crippen molar-refractivity contribution in [2.75, 3.05) is 19.8 Å². The van der Waals surface area contributed by atoms with Crippen LogP contribution >= 0.6 is 11.3 Å². The normalized spacial score (nSPS) is 10.6. The number of benzene rings is 1. The van der Waals surface area contributed by atoms with Gasteiger partial charge in [-0.2, -0.15) is 16.6 Å². The van der Waals surface area contributed by atoms with Gasteiger partial charge in [0, 0.05) is 6.42 Å². The van der Waals surface area contributed by atoms with Gasteiger partial charge in [-0.1, -0.05) is 6.07 Å². The average Bonchev–Trinajstić information content (AvgIpc) is 3.27. The summed E-state index contributed by atoms with van der Waals surface area (Å²) in [5.74, 6) is -1.05. The monoisotopic (exact) mass is 459 g/mol. The molecule has 0 aliphatic rings. The second-order valence-electron chi connectivity index (χ2n) is 5.96. The summed E-state index contributed by atoms with van der Waals surface area (Å²) in [4.78, 5) is 35.6. The summed E-state index contributed by atoms with van der Waals surface area (Å²) in [6.45, 7) is 3.49. The topological polar surface area (TPSA) is 121 Å². The Labute approximate surface area is 188 Å². The lowest BCUT2D eigenvalue weighted by Crippen LogP contribution is -2.14. The van der Waals surface area contributed by atoms with Crippen LogP contribution in [0, 0.1) is 11.3 Å². The van der Waals surface area contributed by atoms with E-state index in [9.17, 15) is 19.6 Å². The molecule has 0 bridgehead atoms. The van der Waals surface area contributed by atoms with E-state index in [0.29, 0.717) is 12.0 Å². The molecule has 32 heavy (non-hydrogen) atoms. The summed E-state index contributed by atoms with van der Waals surface area (Å²) in [5.41, 5.74) is 1.10. The molecule has 10 heteroatoms. The van der Waals surface area contributed by atoms with E-state index in [4.69, 9.17) is 23.7 Å². The maximum Gasteiger partial charge on any atom is 0.513 e. The van der Waals surface area contributed by atoms with Crippen LogP contribution in [0.2, 0.25) is 0 Å². The molecule has 168 valence electrons. The standard InChI is InChI=1S/C22H21NO8S/c1-3-27-21(25)30-18-6-5-16(12-19(18)31-22(26)28-4-2)11-17(13-23)20(24)29-9-7-15-8-10-32-14-15/h5-6,8,10-12,14H,3-4,7,9H2,1-2H3/b17-11+. The van der Waals surface area contributed by atoms with E-state index in [1.165, 1.54) is 35.6 Å². The molecule has 9 nitrogen and oxygen atoms in total. The molecule has 1 heterocycles. The van der Waals surface area contributed by atoms with Crippen LogP contribution < -0.4 is 9.47 Å². The molecular weight excluding hydrogens is 438 g/mol. The van der Waals surface area contributed by atoms with E-state index in [1.54, 1.807) is 19.9 Å². The zero-order valence-corrected chi connectivity index (χ0v) is 18.3. The first-order valence-corrected chi connectivity index (χ1v) is 10.5.